The molecule has 3 heterocycles. The van der Waals surface area contributed by atoms with Gasteiger partial charge in [-0.1, -0.05) is 54.6 Å². The topological polar surface area (TPSA) is 50.9 Å². The van der Waals surface area contributed by atoms with Crippen molar-refractivity contribution in [1.29, 1.82) is 0 Å². The molecule has 2 aromatic carbocycles. The van der Waals surface area contributed by atoms with Crippen molar-refractivity contribution in [2.24, 2.45) is 5.92 Å². The van der Waals surface area contributed by atoms with E-state index in [-0.39, 0.29) is 6.61 Å². The van der Waals surface area contributed by atoms with E-state index in [0.29, 0.717) is 23.6 Å². The summed E-state index contributed by atoms with van der Waals surface area (Å²) in [5.41, 5.74) is 6.48. The minimum atomic E-state index is -0.0367. The summed E-state index contributed by atoms with van der Waals surface area (Å²) in [5, 5.41) is 9.28. The van der Waals surface area contributed by atoms with Crippen LogP contribution in [0.4, 0.5) is 0 Å². The predicted molar refractivity (Wildman–Crippen MR) is 118 cm³/mol. The Morgan fingerprint density at radius 3 is 2.57 bits per heavy atom. The highest BCUT2D eigenvalue weighted by Crippen LogP contribution is 2.51. The van der Waals surface area contributed by atoms with Crippen molar-refractivity contribution in [2.45, 2.75) is 31.4 Å². The minimum absolute atomic E-state index is 0.0367. The molecule has 148 valence electrons. The molecule has 6 rings (SSSR count). The van der Waals surface area contributed by atoms with Gasteiger partial charge >= 0.3 is 0 Å². The van der Waals surface area contributed by atoms with Gasteiger partial charge in [-0.2, -0.15) is 0 Å². The Balaban J connectivity index is 1.53. The van der Waals surface area contributed by atoms with Crippen molar-refractivity contribution in [3.8, 4) is 11.1 Å². The van der Waals surface area contributed by atoms with E-state index in [9.17, 15) is 5.11 Å². The molecule has 0 unspecified atom stereocenters. The molecule has 0 saturated heterocycles. The minimum Gasteiger partial charge on any atom is -0.390 e. The van der Waals surface area contributed by atoms with Crippen LogP contribution in [0.25, 0.3) is 22.2 Å². The van der Waals surface area contributed by atoms with Gasteiger partial charge in [0.15, 0.2) is 0 Å². The van der Waals surface area contributed by atoms with Crippen LogP contribution >= 0.6 is 0 Å². The third-order valence-electron chi connectivity index (χ3n) is 6.68. The molecule has 1 aliphatic carbocycles. The number of imidazole rings is 1. The Kier molecular flexibility index (Phi) is 4.06. The summed E-state index contributed by atoms with van der Waals surface area (Å²) in [4.78, 5) is 9.45. The van der Waals surface area contributed by atoms with Crippen molar-refractivity contribution in [2.75, 3.05) is 0 Å². The summed E-state index contributed by atoms with van der Waals surface area (Å²) in [7, 11) is 0. The largest absolute Gasteiger partial charge is 0.390 e. The highest BCUT2D eigenvalue weighted by molar-refractivity contribution is 5.83. The first-order chi connectivity index (χ1) is 14.8. The zero-order valence-corrected chi connectivity index (χ0v) is 16.6. The lowest BCUT2D eigenvalue weighted by Gasteiger charge is -2.27. The highest BCUT2D eigenvalue weighted by Gasteiger charge is 2.43. The van der Waals surface area contributed by atoms with Gasteiger partial charge in [0.2, 0.25) is 0 Å². The molecule has 0 bridgehead atoms. The van der Waals surface area contributed by atoms with Crippen molar-refractivity contribution in [1.82, 2.24) is 14.5 Å². The van der Waals surface area contributed by atoms with Crippen molar-refractivity contribution < 1.29 is 5.11 Å². The molecule has 2 aliphatic rings. The van der Waals surface area contributed by atoms with Crippen LogP contribution in [-0.4, -0.2) is 19.6 Å². The molecule has 0 fully saturated rings. The molecule has 0 saturated carbocycles. The Hall–Kier alpha value is -3.24. The maximum Gasteiger partial charge on any atom is 0.114 e. The van der Waals surface area contributed by atoms with E-state index in [4.69, 9.17) is 4.98 Å². The van der Waals surface area contributed by atoms with Crippen LogP contribution in [0.3, 0.4) is 0 Å². The molecule has 0 spiro atoms. The Bertz CT molecular complexity index is 1240. The lowest BCUT2D eigenvalue weighted by atomic mass is 9.79. The first-order valence-electron chi connectivity index (χ1n) is 10.6. The summed E-state index contributed by atoms with van der Waals surface area (Å²) in [6.07, 6.45) is 8.66. The Morgan fingerprint density at radius 1 is 0.933 bits per heavy atom. The molecule has 30 heavy (non-hydrogen) atoms. The molecule has 1 N–H and O–H groups in total. The van der Waals surface area contributed by atoms with Crippen LogP contribution in [0.5, 0.6) is 0 Å². The molecular weight excluding hydrogens is 370 g/mol. The fourth-order valence-corrected chi connectivity index (χ4v) is 5.25. The van der Waals surface area contributed by atoms with Gasteiger partial charge in [0.05, 0.1) is 29.4 Å². The first-order valence-corrected chi connectivity index (χ1v) is 10.6. The van der Waals surface area contributed by atoms with Crippen LogP contribution < -0.4 is 0 Å². The van der Waals surface area contributed by atoms with Gasteiger partial charge in [0.25, 0.3) is 0 Å². The van der Waals surface area contributed by atoms with Crippen LogP contribution in [0, 0.1) is 5.92 Å². The molecule has 0 amide bonds. The number of fused-ring (bicyclic) bond motifs is 5. The number of allylic oxidation sites excluding steroid dienone is 2. The smallest absolute Gasteiger partial charge is 0.114 e. The van der Waals surface area contributed by atoms with Gasteiger partial charge in [0, 0.05) is 17.7 Å². The Morgan fingerprint density at radius 2 is 1.77 bits per heavy atom. The van der Waals surface area contributed by atoms with E-state index in [1.807, 2.05) is 18.3 Å². The molecular formula is C26H23N3O. The fourth-order valence-electron chi connectivity index (χ4n) is 5.25. The Labute approximate surface area is 175 Å². The van der Waals surface area contributed by atoms with E-state index in [1.165, 1.54) is 16.9 Å². The van der Waals surface area contributed by atoms with Gasteiger partial charge in [-0.15, -0.1) is 0 Å². The van der Waals surface area contributed by atoms with Crippen LogP contribution in [0.1, 0.15) is 41.9 Å². The number of aliphatic hydroxyl groups is 1. The average molecular weight is 393 g/mol. The fraction of sp³-hybridized carbons (Fsp3) is 0.231. The van der Waals surface area contributed by atoms with Crippen molar-refractivity contribution >= 4 is 11.0 Å². The maximum absolute atomic E-state index is 9.28. The van der Waals surface area contributed by atoms with Crippen LogP contribution in [-0.2, 0) is 6.61 Å². The molecule has 0 radical (unpaired) electrons. The third kappa shape index (κ3) is 2.64. The quantitative estimate of drug-likeness (QED) is 0.484. The highest BCUT2D eigenvalue weighted by atomic mass is 16.3. The average Bonchev–Trinajstić information content (AvgIpc) is 3.34. The lowest BCUT2D eigenvalue weighted by Crippen LogP contribution is -2.18. The van der Waals surface area contributed by atoms with Gasteiger partial charge in [0.1, 0.15) is 5.82 Å². The number of nitrogens with zero attached hydrogens (tertiary/aromatic N) is 3. The van der Waals surface area contributed by atoms with Gasteiger partial charge in [-0.3, -0.25) is 4.98 Å². The summed E-state index contributed by atoms with van der Waals surface area (Å²) >= 11 is 0. The molecule has 2 aromatic heterocycles. The molecule has 4 nitrogen and oxygen atoms in total. The first kappa shape index (κ1) is 17.6. The van der Waals surface area contributed by atoms with E-state index in [2.05, 4.69) is 70.2 Å². The standard InChI is InChI=1S/C26H23N3O/c30-16-20-12-10-19(15-27-20)18-11-13-23-24(14-18)29-25(17-6-2-1-3-7-17)21-8-4-5-9-22(21)26(29)28-23/h1-7,10-15,21-22,25,30H,8-9,16H2/t21-,22+,25-/m0/s1. The number of hydrogen-bond donors (Lipinski definition) is 1. The third-order valence-corrected chi connectivity index (χ3v) is 6.68. The van der Waals surface area contributed by atoms with Crippen molar-refractivity contribution in [3.05, 3.63) is 96.1 Å². The predicted octanol–water partition coefficient (Wildman–Crippen LogP) is 5.24. The van der Waals surface area contributed by atoms with Crippen molar-refractivity contribution in [3.63, 3.8) is 0 Å². The van der Waals surface area contributed by atoms with Gasteiger partial charge in [-0.05, 0) is 48.1 Å². The number of benzene rings is 2. The summed E-state index contributed by atoms with van der Waals surface area (Å²) in [6.45, 7) is -0.0367. The summed E-state index contributed by atoms with van der Waals surface area (Å²) < 4.78 is 2.49. The number of pyridine rings is 1. The summed E-state index contributed by atoms with van der Waals surface area (Å²) in [6, 6.07) is 21.6. The zero-order valence-electron chi connectivity index (χ0n) is 16.6. The molecule has 4 heteroatoms. The lowest BCUT2D eigenvalue weighted by molar-refractivity contribution is 0.277. The molecule has 4 aromatic rings. The van der Waals surface area contributed by atoms with E-state index >= 15 is 0 Å². The second-order valence-electron chi connectivity index (χ2n) is 8.31. The second-order valence-corrected chi connectivity index (χ2v) is 8.31. The SMILES string of the molecule is OCc1ccc(-c2ccc3nc4n(c3c2)[C@@H](c2ccccc2)[C@H]2CC=CC[C@@H]42)cn1. The van der Waals surface area contributed by atoms with Crippen LogP contribution in [0.2, 0.25) is 0 Å². The maximum atomic E-state index is 9.28. The normalized spacial score (nSPS) is 22.2. The second kappa shape index (κ2) is 6.92. The summed E-state index contributed by atoms with van der Waals surface area (Å²) in [5.74, 6) is 2.25. The van der Waals surface area contributed by atoms with Gasteiger partial charge in [-0.25, -0.2) is 4.98 Å². The number of aliphatic hydroxyl groups excluding tert-OH is 1. The molecule has 3 atom stereocenters. The number of aromatic nitrogens is 3. The zero-order chi connectivity index (χ0) is 20.1. The number of hydrogen-bond acceptors (Lipinski definition) is 3. The van der Waals surface area contributed by atoms with E-state index < -0.39 is 0 Å². The van der Waals surface area contributed by atoms with Gasteiger partial charge < -0.3 is 9.67 Å². The monoisotopic (exact) mass is 393 g/mol. The molecule has 1 aliphatic heterocycles. The van der Waals surface area contributed by atoms with Crippen LogP contribution in [0.15, 0.2) is 79.0 Å². The number of rotatable bonds is 3. The van der Waals surface area contributed by atoms with E-state index in [0.717, 1.165) is 29.5 Å². The van der Waals surface area contributed by atoms with E-state index in [1.54, 1.807) is 0 Å².